The Kier molecular flexibility index (Phi) is 6.40. The molecule has 0 fully saturated rings. The Morgan fingerprint density at radius 3 is 1.97 bits per heavy atom. The van der Waals surface area contributed by atoms with E-state index < -0.39 is 25.1 Å². The van der Waals surface area contributed by atoms with Crippen LogP contribution >= 0.6 is 22.7 Å². The Balaban J connectivity index is 1.57. The molecule has 0 aliphatic rings. The Hall–Kier alpha value is -2.30. The van der Waals surface area contributed by atoms with Crippen LogP contribution in [0.4, 0.5) is 0 Å². The molecule has 0 unspecified atom stereocenters. The molecular weight excluding hydrogens is 471 g/mol. The zero-order valence-corrected chi connectivity index (χ0v) is 19.5. The van der Waals surface area contributed by atoms with Crippen molar-refractivity contribution in [3.05, 3.63) is 94.5 Å². The third kappa shape index (κ3) is 4.81. The summed E-state index contributed by atoms with van der Waals surface area (Å²) in [4.78, 5) is 0.682. The van der Waals surface area contributed by atoms with E-state index in [0.29, 0.717) is 4.88 Å². The van der Waals surface area contributed by atoms with Gasteiger partial charge in [0.25, 0.3) is 0 Å². The summed E-state index contributed by atoms with van der Waals surface area (Å²) in [6.45, 7) is -0.247. The van der Waals surface area contributed by atoms with E-state index in [0.717, 1.165) is 22.5 Å². The molecule has 2 aromatic carbocycles. The van der Waals surface area contributed by atoms with E-state index >= 15 is 0 Å². The van der Waals surface area contributed by atoms with Crippen molar-refractivity contribution >= 4 is 42.5 Å². The van der Waals surface area contributed by atoms with E-state index in [9.17, 15) is 16.8 Å². The number of benzene rings is 2. The van der Waals surface area contributed by atoms with Crippen LogP contribution in [0.1, 0.15) is 10.1 Å². The van der Waals surface area contributed by atoms with Crippen LogP contribution in [0.3, 0.4) is 0 Å². The number of hydrogen-bond acceptors (Lipinski definition) is 6. The first-order chi connectivity index (χ1) is 14.9. The number of sulfone groups is 1. The first kappa shape index (κ1) is 21.9. The van der Waals surface area contributed by atoms with Gasteiger partial charge >= 0.3 is 0 Å². The van der Waals surface area contributed by atoms with Gasteiger partial charge in [0.1, 0.15) is 9.46 Å². The summed E-state index contributed by atoms with van der Waals surface area (Å²) in [5, 5.41) is 2.48. The van der Waals surface area contributed by atoms with Crippen LogP contribution in [0, 0.1) is 0 Å². The van der Waals surface area contributed by atoms with Gasteiger partial charge in [0, 0.05) is 11.4 Å². The lowest BCUT2D eigenvalue weighted by Gasteiger charge is -2.16. The molecule has 9 heteroatoms. The number of hydrogen-bond donors (Lipinski definition) is 1. The molecule has 0 bridgehead atoms. The fourth-order valence-electron chi connectivity index (χ4n) is 3.13. The van der Waals surface area contributed by atoms with Gasteiger partial charge in [-0.1, -0.05) is 54.6 Å². The SMILES string of the molecule is O=S(=O)(NC[C@@H](c1cccs1)S(=O)(=O)c1cccs1)c1ccc(-c2ccccc2)cc1. The second-order valence-electron chi connectivity index (χ2n) is 6.72. The summed E-state index contributed by atoms with van der Waals surface area (Å²) in [5.41, 5.74) is 1.88. The topological polar surface area (TPSA) is 80.3 Å². The van der Waals surface area contributed by atoms with Crippen LogP contribution in [-0.2, 0) is 19.9 Å². The standard InChI is InChI=1S/C22H19NO4S4/c24-30(25,22-9-5-15-29-22)21(20-8-4-14-28-20)16-23-31(26,27)19-12-10-18(11-13-19)17-6-2-1-3-7-17/h1-15,21,23H,16H2/t21-/m0/s1. The predicted molar refractivity (Wildman–Crippen MR) is 126 cm³/mol. The molecular formula is C22H19NO4S4. The van der Waals surface area contributed by atoms with Gasteiger partial charge in [-0.25, -0.2) is 21.6 Å². The minimum Gasteiger partial charge on any atom is -0.222 e. The molecule has 0 amide bonds. The Morgan fingerprint density at radius 1 is 0.710 bits per heavy atom. The van der Waals surface area contributed by atoms with Gasteiger partial charge in [-0.2, -0.15) is 0 Å². The Bertz CT molecular complexity index is 1330. The monoisotopic (exact) mass is 489 g/mol. The van der Waals surface area contributed by atoms with Gasteiger partial charge in [-0.15, -0.1) is 22.7 Å². The van der Waals surface area contributed by atoms with Crippen LogP contribution in [0.5, 0.6) is 0 Å². The van der Waals surface area contributed by atoms with E-state index in [1.54, 1.807) is 41.1 Å². The maximum atomic E-state index is 13.1. The molecule has 1 atom stereocenters. The minimum atomic E-state index is -3.88. The summed E-state index contributed by atoms with van der Waals surface area (Å²) in [6, 6.07) is 22.9. The molecule has 2 aromatic heterocycles. The molecule has 31 heavy (non-hydrogen) atoms. The van der Waals surface area contributed by atoms with Crippen LogP contribution in [0.25, 0.3) is 11.1 Å². The summed E-state index contributed by atoms with van der Waals surface area (Å²) < 4.78 is 54.7. The molecule has 0 spiro atoms. The maximum absolute atomic E-state index is 13.1. The normalized spacial score (nSPS) is 13.2. The first-order valence-electron chi connectivity index (χ1n) is 9.34. The van der Waals surface area contributed by atoms with Crippen molar-refractivity contribution in [3.8, 4) is 11.1 Å². The summed E-state index contributed by atoms with van der Waals surface area (Å²) >= 11 is 2.42. The van der Waals surface area contributed by atoms with Crippen LogP contribution in [-0.4, -0.2) is 23.4 Å². The number of nitrogens with one attached hydrogen (secondary N) is 1. The van der Waals surface area contributed by atoms with Gasteiger partial charge in [0.15, 0.2) is 9.84 Å². The lowest BCUT2D eigenvalue weighted by Crippen LogP contribution is -2.31. The fraction of sp³-hybridized carbons (Fsp3) is 0.0909. The van der Waals surface area contributed by atoms with Crippen molar-refractivity contribution in [1.82, 2.24) is 4.72 Å². The number of rotatable bonds is 8. The average molecular weight is 490 g/mol. The predicted octanol–water partition coefficient (Wildman–Crippen LogP) is 4.97. The van der Waals surface area contributed by atoms with E-state index in [-0.39, 0.29) is 15.6 Å². The highest BCUT2D eigenvalue weighted by molar-refractivity contribution is 7.94. The van der Waals surface area contributed by atoms with E-state index in [1.165, 1.54) is 29.5 Å². The zero-order chi connectivity index (χ0) is 21.9. The van der Waals surface area contributed by atoms with Crippen molar-refractivity contribution < 1.29 is 16.8 Å². The van der Waals surface area contributed by atoms with Crippen molar-refractivity contribution in [2.75, 3.05) is 6.54 Å². The quantitative estimate of drug-likeness (QED) is 0.379. The molecule has 0 aliphatic heterocycles. The smallest absolute Gasteiger partial charge is 0.222 e. The van der Waals surface area contributed by atoms with Crippen LogP contribution < -0.4 is 4.72 Å². The van der Waals surface area contributed by atoms with Crippen LogP contribution in [0.2, 0.25) is 0 Å². The third-order valence-corrected chi connectivity index (χ3v) is 10.8. The highest BCUT2D eigenvalue weighted by Crippen LogP contribution is 2.33. The van der Waals surface area contributed by atoms with Crippen molar-refractivity contribution in [2.24, 2.45) is 0 Å². The van der Waals surface area contributed by atoms with Gasteiger partial charge < -0.3 is 0 Å². The fourth-order valence-corrected chi connectivity index (χ4v) is 8.27. The number of thiophene rings is 2. The molecule has 160 valence electrons. The van der Waals surface area contributed by atoms with Crippen molar-refractivity contribution in [1.29, 1.82) is 0 Å². The van der Waals surface area contributed by atoms with Crippen molar-refractivity contribution in [2.45, 2.75) is 14.4 Å². The highest BCUT2D eigenvalue weighted by Gasteiger charge is 2.32. The van der Waals surface area contributed by atoms with E-state index in [1.807, 2.05) is 30.3 Å². The molecule has 0 aliphatic carbocycles. The average Bonchev–Trinajstić information content (AvgIpc) is 3.49. The minimum absolute atomic E-state index is 0.0885. The highest BCUT2D eigenvalue weighted by atomic mass is 32.2. The summed E-state index contributed by atoms with van der Waals surface area (Å²) in [7, 11) is -7.61. The largest absolute Gasteiger partial charge is 0.240 e. The summed E-state index contributed by atoms with van der Waals surface area (Å²) in [6.07, 6.45) is 0. The Morgan fingerprint density at radius 2 is 1.35 bits per heavy atom. The number of sulfonamides is 1. The van der Waals surface area contributed by atoms with Crippen LogP contribution in [0.15, 0.2) is 98.7 Å². The molecule has 0 saturated heterocycles. The molecule has 0 radical (unpaired) electrons. The lowest BCUT2D eigenvalue weighted by molar-refractivity contribution is 0.570. The summed E-state index contributed by atoms with van der Waals surface area (Å²) in [5.74, 6) is 0. The van der Waals surface area contributed by atoms with Crippen molar-refractivity contribution in [3.63, 3.8) is 0 Å². The molecule has 2 heterocycles. The second-order valence-corrected chi connectivity index (χ2v) is 12.8. The van der Waals surface area contributed by atoms with Gasteiger partial charge in [0.2, 0.25) is 10.0 Å². The molecule has 4 rings (SSSR count). The molecule has 0 saturated carbocycles. The van der Waals surface area contributed by atoms with E-state index in [2.05, 4.69) is 4.72 Å². The second kappa shape index (κ2) is 9.05. The molecule has 5 nitrogen and oxygen atoms in total. The maximum Gasteiger partial charge on any atom is 0.240 e. The lowest BCUT2D eigenvalue weighted by atomic mass is 10.1. The van der Waals surface area contributed by atoms with Gasteiger partial charge in [-0.3, -0.25) is 0 Å². The van der Waals surface area contributed by atoms with E-state index in [4.69, 9.17) is 0 Å². The third-order valence-electron chi connectivity index (χ3n) is 4.74. The molecule has 4 aromatic rings. The Labute approximate surface area is 190 Å². The molecule has 1 N–H and O–H groups in total. The van der Waals surface area contributed by atoms with Gasteiger partial charge in [-0.05, 0) is 46.2 Å². The van der Waals surface area contributed by atoms with Gasteiger partial charge in [0.05, 0.1) is 4.90 Å². The first-order valence-corrected chi connectivity index (χ1v) is 14.1. The zero-order valence-electron chi connectivity index (χ0n) is 16.2.